The fraction of sp³-hybridized carbons (Fsp3) is 0.0833. The zero-order valence-electron chi connectivity index (χ0n) is 9.85. The Balaban J connectivity index is 2.57. The van der Waals surface area contributed by atoms with E-state index in [9.17, 15) is 10.1 Å². The minimum atomic E-state index is -0.469. The van der Waals surface area contributed by atoms with Crippen LogP contribution in [0.25, 0.3) is 11.3 Å². The van der Waals surface area contributed by atoms with Gasteiger partial charge >= 0.3 is 0 Å². The fourth-order valence-electron chi connectivity index (χ4n) is 1.55. The molecule has 7 heteroatoms. The molecule has 1 aromatic carbocycles. The van der Waals surface area contributed by atoms with Crippen molar-refractivity contribution < 1.29 is 4.92 Å². The molecule has 1 heterocycles. The van der Waals surface area contributed by atoms with E-state index < -0.39 is 4.92 Å². The maximum Gasteiger partial charge on any atom is 0.275 e. The Hall–Kier alpha value is -1.85. The van der Waals surface area contributed by atoms with E-state index in [0.29, 0.717) is 27.1 Å². The van der Waals surface area contributed by atoms with Crippen LogP contribution in [-0.4, -0.2) is 17.0 Å². The molecule has 0 fully saturated rings. The quantitative estimate of drug-likeness (QED) is 0.686. The van der Waals surface area contributed by atoms with E-state index in [1.165, 1.54) is 12.1 Å². The first-order valence-corrected chi connectivity index (χ1v) is 6.06. The second-order valence-electron chi connectivity index (χ2n) is 3.73. The molecule has 2 aromatic rings. The molecule has 0 atom stereocenters. The Morgan fingerprint density at radius 1 is 1.21 bits per heavy atom. The van der Waals surface area contributed by atoms with Crippen LogP contribution in [0.4, 0.5) is 11.5 Å². The molecule has 1 aromatic heterocycles. The normalized spacial score (nSPS) is 10.3. The Morgan fingerprint density at radius 2 is 1.95 bits per heavy atom. The molecule has 0 amide bonds. The van der Waals surface area contributed by atoms with Crippen LogP contribution >= 0.6 is 23.2 Å². The van der Waals surface area contributed by atoms with Gasteiger partial charge in [-0.2, -0.15) is 0 Å². The van der Waals surface area contributed by atoms with Crippen molar-refractivity contribution in [3.8, 4) is 11.3 Å². The van der Waals surface area contributed by atoms with Crippen LogP contribution in [0, 0.1) is 10.1 Å². The fourth-order valence-corrected chi connectivity index (χ4v) is 1.85. The standard InChI is InChI=1S/C12H9Cl2N3O2/c1-15-12-6-8(17(18)19)5-11(16-12)7-2-3-9(13)10(14)4-7/h2-6H,1H3,(H,15,16). The van der Waals surface area contributed by atoms with Gasteiger partial charge in [-0.1, -0.05) is 29.3 Å². The van der Waals surface area contributed by atoms with Gasteiger partial charge in [-0.25, -0.2) is 4.98 Å². The van der Waals surface area contributed by atoms with Gasteiger partial charge in [0.25, 0.3) is 5.69 Å². The van der Waals surface area contributed by atoms with Crippen molar-refractivity contribution in [3.63, 3.8) is 0 Å². The molecule has 0 unspecified atom stereocenters. The molecule has 0 aliphatic rings. The van der Waals surface area contributed by atoms with Gasteiger partial charge in [-0.3, -0.25) is 10.1 Å². The lowest BCUT2D eigenvalue weighted by Crippen LogP contribution is -1.97. The molecule has 0 aliphatic carbocycles. The summed E-state index contributed by atoms with van der Waals surface area (Å²) in [7, 11) is 1.64. The average molecular weight is 298 g/mol. The van der Waals surface area contributed by atoms with E-state index >= 15 is 0 Å². The van der Waals surface area contributed by atoms with E-state index in [1.54, 1.807) is 25.2 Å². The van der Waals surface area contributed by atoms with Gasteiger partial charge in [0.05, 0.1) is 26.7 Å². The summed E-state index contributed by atoms with van der Waals surface area (Å²) in [4.78, 5) is 14.7. The third kappa shape index (κ3) is 2.94. The van der Waals surface area contributed by atoms with Gasteiger partial charge in [-0.05, 0) is 12.1 Å². The molecule has 0 aliphatic heterocycles. The minimum Gasteiger partial charge on any atom is -0.373 e. The monoisotopic (exact) mass is 297 g/mol. The van der Waals surface area contributed by atoms with E-state index in [0.717, 1.165) is 0 Å². The van der Waals surface area contributed by atoms with Crippen LogP contribution in [-0.2, 0) is 0 Å². The first-order valence-electron chi connectivity index (χ1n) is 5.31. The summed E-state index contributed by atoms with van der Waals surface area (Å²) < 4.78 is 0. The second-order valence-corrected chi connectivity index (χ2v) is 4.55. The predicted molar refractivity (Wildman–Crippen MR) is 75.9 cm³/mol. The average Bonchev–Trinajstić information content (AvgIpc) is 2.41. The molecule has 0 radical (unpaired) electrons. The molecule has 5 nitrogen and oxygen atoms in total. The molecule has 1 N–H and O–H groups in total. The molecule has 98 valence electrons. The van der Waals surface area contributed by atoms with Crippen LogP contribution in [0.1, 0.15) is 0 Å². The smallest absolute Gasteiger partial charge is 0.275 e. The highest BCUT2D eigenvalue weighted by Gasteiger charge is 2.12. The van der Waals surface area contributed by atoms with Crippen molar-refractivity contribution >= 4 is 34.7 Å². The molecule has 2 rings (SSSR count). The van der Waals surface area contributed by atoms with Crippen molar-refractivity contribution in [3.05, 3.63) is 50.5 Å². The summed E-state index contributed by atoms with van der Waals surface area (Å²) in [6.45, 7) is 0. The zero-order chi connectivity index (χ0) is 14.0. The number of pyridine rings is 1. The van der Waals surface area contributed by atoms with Crippen LogP contribution in [0.5, 0.6) is 0 Å². The number of hydrogen-bond donors (Lipinski definition) is 1. The lowest BCUT2D eigenvalue weighted by molar-refractivity contribution is -0.384. The maximum absolute atomic E-state index is 10.9. The molecular weight excluding hydrogens is 289 g/mol. The van der Waals surface area contributed by atoms with Crippen molar-refractivity contribution in [2.75, 3.05) is 12.4 Å². The number of nitro groups is 1. The molecule has 0 saturated carbocycles. The van der Waals surface area contributed by atoms with E-state index in [4.69, 9.17) is 23.2 Å². The first kappa shape index (κ1) is 13.6. The number of halogens is 2. The number of nitrogens with zero attached hydrogens (tertiary/aromatic N) is 2. The van der Waals surface area contributed by atoms with Gasteiger partial charge in [0.15, 0.2) is 0 Å². The van der Waals surface area contributed by atoms with Crippen LogP contribution < -0.4 is 5.32 Å². The zero-order valence-corrected chi connectivity index (χ0v) is 11.4. The highest BCUT2D eigenvalue weighted by Crippen LogP contribution is 2.30. The minimum absolute atomic E-state index is 0.0413. The number of hydrogen-bond acceptors (Lipinski definition) is 4. The van der Waals surface area contributed by atoms with Crippen LogP contribution in [0.3, 0.4) is 0 Å². The van der Waals surface area contributed by atoms with Crippen molar-refractivity contribution in [2.24, 2.45) is 0 Å². The lowest BCUT2D eigenvalue weighted by atomic mass is 10.1. The largest absolute Gasteiger partial charge is 0.373 e. The summed E-state index contributed by atoms with van der Waals surface area (Å²) in [5, 5.41) is 14.5. The molecular formula is C12H9Cl2N3O2. The van der Waals surface area contributed by atoms with Crippen LogP contribution in [0.15, 0.2) is 30.3 Å². The molecule has 0 bridgehead atoms. The van der Waals surface area contributed by atoms with E-state index in [-0.39, 0.29) is 5.69 Å². The summed E-state index contributed by atoms with van der Waals surface area (Å²) >= 11 is 11.8. The summed E-state index contributed by atoms with van der Waals surface area (Å²) in [5.74, 6) is 0.412. The van der Waals surface area contributed by atoms with Gasteiger partial charge < -0.3 is 5.32 Å². The SMILES string of the molecule is CNc1cc([N+](=O)[O-])cc(-c2ccc(Cl)c(Cl)c2)n1. The van der Waals surface area contributed by atoms with Gasteiger partial charge in [0, 0.05) is 18.7 Å². The Labute approximate surface area is 119 Å². The maximum atomic E-state index is 10.9. The number of anilines is 1. The van der Waals surface area contributed by atoms with Gasteiger partial charge in [0.1, 0.15) is 5.82 Å². The number of rotatable bonds is 3. The second kappa shape index (κ2) is 5.42. The molecule has 0 spiro atoms. The summed E-state index contributed by atoms with van der Waals surface area (Å²) in [6.07, 6.45) is 0. The van der Waals surface area contributed by atoms with Crippen molar-refractivity contribution in [1.29, 1.82) is 0 Å². The first-order chi connectivity index (χ1) is 9.01. The van der Waals surface area contributed by atoms with E-state index in [1.807, 2.05) is 0 Å². The Morgan fingerprint density at radius 3 is 2.53 bits per heavy atom. The summed E-state index contributed by atoms with van der Waals surface area (Å²) in [6, 6.07) is 7.70. The Bertz CT molecular complexity index is 647. The molecule has 0 saturated heterocycles. The molecule has 19 heavy (non-hydrogen) atoms. The number of aromatic nitrogens is 1. The third-order valence-corrected chi connectivity index (χ3v) is 3.23. The summed E-state index contributed by atoms with van der Waals surface area (Å²) in [5.41, 5.74) is 1.08. The van der Waals surface area contributed by atoms with Gasteiger partial charge in [-0.15, -0.1) is 0 Å². The van der Waals surface area contributed by atoms with Gasteiger partial charge in [0.2, 0.25) is 0 Å². The van der Waals surface area contributed by atoms with Crippen LogP contribution in [0.2, 0.25) is 10.0 Å². The third-order valence-electron chi connectivity index (χ3n) is 2.49. The highest BCUT2D eigenvalue weighted by atomic mass is 35.5. The Kier molecular flexibility index (Phi) is 3.87. The topological polar surface area (TPSA) is 68.1 Å². The van der Waals surface area contributed by atoms with E-state index in [2.05, 4.69) is 10.3 Å². The van der Waals surface area contributed by atoms with Crippen molar-refractivity contribution in [2.45, 2.75) is 0 Å². The van der Waals surface area contributed by atoms with Crippen molar-refractivity contribution in [1.82, 2.24) is 4.98 Å². The highest BCUT2D eigenvalue weighted by molar-refractivity contribution is 6.42. The lowest BCUT2D eigenvalue weighted by Gasteiger charge is -2.06. The number of nitrogens with one attached hydrogen (secondary N) is 1. The number of benzene rings is 1. The predicted octanol–water partition coefficient (Wildman–Crippen LogP) is 4.01.